The van der Waals surface area contributed by atoms with Crippen LogP contribution in [0.1, 0.15) is 92.9 Å². The summed E-state index contributed by atoms with van der Waals surface area (Å²) in [5, 5.41) is 10.7. The Labute approximate surface area is 168 Å². The molecular formula is C22H44O4Si. The fraction of sp³-hybridized carbons (Fsp3) is 0.955. The second-order valence-electron chi connectivity index (χ2n) is 10.7. The van der Waals surface area contributed by atoms with E-state index in [-0.39, 0.29) is 5.41 Å². The van der Waals surface area contributed by atoms with E-state index in [9.17, 15) is 9.90 Å². The van der Waals surface area contributed by atoms with Crippen molar-refractivity contribution in [2.24, 2.45) is 5.41 Å². The molecule has 1 heterocycles. The summed E-state index contributed by atoms with van der Waals surface area (Å²) in [5.41, 5.74) is -1.69. The average molecular weight is 401 g/mol. The van der Waals surface area contributed by atoms with Crippen molar-refractivity contribution in [1.29, 1.82) is 0 Å². The molecule has 0 aromatic carbocycles. The molecule has 1 N–H and O–H groups in total. The highest BCUT2D eigenvalue weighted by Crippen LogP contribution is 2.51. The summed E-state index contributed by atoms with van der Waals surface area (Å²) < 4.78 is 12.1. The molecule has 1 fully saturated rings. The summed E-state index contributed by atoms with van der Waals surface area (Å²) in [6.45, 7) is 18.1. The predicted molar refractivity (Wildman–Crippen MR) is 114 cm³/mol. The van der Waals surface area contributed by atoms with Crippen LogP contribution in [0.2, 0.25) is 19.6 Å². The number of rotatable bonds is 10. The lowest BCUT2D eigenvalue weighted by Crippen LogP contribution is -2.69. The number of hydrogen-bond donors (Lipinski definition) is 1. The van der Waals surface area contributed by atoms with E-state index in [0.29, 0.717) is 6.42 Å². The number of hydrogen-bond acceptors (Lipinski definition) is 4. The highest BCUT2D eigenvalue weighted by Gasteiger charge is 2.69. The van der Waals surface area contributed by atoms with Crippen molar-refractivity contribution in [3.8, 4) is 0 Å². The minimum absolute atomic E-state index is 0.375. The van der Waals surface area contributed by atoms with Crippen LogP contribution in [0.5, 0.6) is 0 Å². The Kier molecular flexibility index (Phi) is 7.80. The van der Waals surface area contributed by atoms with Gasteiger partial charge in [0.05, 0.1) is 13.3 Å². The fourth-order valence-electron chi connectivity index (χ4n) is 3.95. The van der Waals surface area contributed by atoms with Crippen molar-refractivity contribution in [2.45, 2.75) is 129 Å². The lowest BCUT2D eigenvalue weighted by Gasteiger charge is -2.48. The van der Waals surface area contributed by atoms with Crippen LogP contribution in [-0.2, 0) is 14.3 Å². The lowest BCUT2D eigenvalue weighted by atomic mass is 9.86. The molecule has 1 aliphatic rings. The second-order valence-corrected chi connectivity index (χ2v) is 16.0. The molecule has 1 rings (SSSR count). The van der Waals surface area contributed by atoms with Gasteiger partial charge in [0.1, 0.15) is 0 Å². The Balaban J connectivity index is 2.94. The van der Waals surface area contributed by atoms with E-state index in [1.165, 1.54) is 32.1 Å². The number of unbranched alkanes of at least 4 members (excludes halogenated alkanes) is 6. The molecule has 1 saturated heterocycles. The van der Waals surface area contributed by atoms with E-state index < -0.39 is 30.7 Å². The molecule has 27 heavy (non-hydrogen) atoms. The van der Waals surface area contributed by atoms with Gasteiger partial charge < -0.3 is 14.6 Å². The molecule has 1 aliphatic heterocycles. The van der Waals surface area contributed by atoms with Gasteiger partial charge in [-0.05, 0) is 13.3 Å². The monoisotopic (exact) mass is 400 g/mol. The molecule has 160 valence electrons. The molecule has 0 saturated carbocycles. The molecule has 0 aromatic heterocycles. The van der Waals surface area contributed by atoms with E-state index >= 15 is 0 Å². The number of ether oxygens (including phenoxy) is 2. The molecule has 4 nitrogen and oxygen atoms in total. The van der Waals surface area contributed by atoms with Crippen LogP contribution >= 0.6 is 0 Å². The molecule has 5 heteroatoms. The van der Waals surface area contributed by atoms with E-state index in [1.807, 2.05) is 27.7 Å². The Hall–Kier alpha value is -0.393. The number of carbonyl (C=O) groups is 1. The van der Waals surface area contributed by atoms with Crippen LogP contribution in [0.3, 0.4) is 0 Å². The van der Waals surface area contributed by atoms with Gasteiger partial charge in [0.15, 0.2) is 5.60 Å². The van der Waals surface area contributed by atoms with Gasteiger partial charge in [0.2, 0.25) is 5.79 Å². The van der Waals surface area contributed by atoms with Gasteiger partial charge >= 0.3 is 5.97 Å². The van der Waals surface area contributed by atoms with Crippen LogP contribution in [0.4, 0.5) is 0 Å². The minimum Gasteiger partial charge on any atom is -0.431 e. The first-order chi connectivity index (χ1) is 12.1. The van der Waals surface area contributed by atoms with Crippen molar-refractivity contribution in [3.05, 3.63) is 0 Å². The Bertz CT molecular complexity index is 507. The van der Waals surface area contributed by atoms with Crippen molar-refractivity contribution in [3.63, 3.8) is 0 Å². The maximum Gasteiger partial charge on any atom is 0.343 e. The van der Waals surface area contributed by atoms with Crippen molar-refractivity contribution in [2.75, 3.05) is 0 Å². The maximum absolute atomic E-state index is 13.0. The summed E-state index contributed by atoms with van der Waals surface area (Å²) in [4.78, 5) is 13.0. The highest BCUT2D eigenvalue weighted by atomic mass is 28.3. The van der Waals surface area contributed by atoms with Crippen molar-refractivity contribution >= 4 is 14.0 Å². The van der Waals surface area contributed by atoms with E-state index in [2.05, 4.69) is 26.6 Å². The fourth-order valence-corrected chi connectivity index (χ4v) is 6.46. The summed E-state index contributed by atoms with van der Waals surface area (Å²) in [5.74, 6) is -1.46. The molecular weight excluding hydrogens is 356 g/mol. The van der Waals surface area contributed by atoms with Crippen LogP contribution in [0, 0.1) is 5.41 Å². The van der Waals surface area contributed by atoms with Gasteiger partial charge in [-0.1, -0.05) is 92.3 Å². The molecule has 0 aliphatic carbocycles. The first-order valence-corrected chi connectivity index (χ1v) is 14.3. The summed E-state index contributed by atoms with van der Waals surface area (Å²) in [6.07, 6.45) is 8.83. The van der Waals surface area contributed by atoms with Crippen LogP contribution in [-0.4, -0.2) is 35.8 Å². The molecule has 0 amide bonds. The minimum atomic E-state index is -2.16. The normalized spacial score (nSPS) is 28.9. The van der Waals surface area contributed by atoms with Crippen molar-refractivity contribution < 1.29 is 19.4 Å². The first kappa shape index (κ1) is 24.6. The zero-order chi connectivity index (χ0) is 21.1. The smallest absolute Gasteiger partial charge is 0.343 e. The standard InChI is InChI=1S/C22H44O4Si/c1-10-11-12-13-14-15-16-17-22(24,27(7,8)9)20(5)18(23)25-21(6,26-20)19(2,3)4/h24H,10-17H2,1-9H3/t20-,21+,22+/m0/s1. The highest BCUT2D eigenvalue weighted by molar-refractivity contribution is 6.79. The first-order valence-electron chi connectivity index (χ1n) is 10.8. The summed E-state index contributed by atoms with van der Waals surface area (Å²) in [7, 11) is -2.16. The van der Waals surface area contributed by atoms with Gasteiger partial charge in [-0.2, -0.15) is 0 Å². The van der Waals surface area contributed by atoms with Crippen LogP contribution in [0.15, 0.2) is 0 Å². The number of carbonyl (C=O) groups excluding carboxylic acids is 1. The Morgan fingerprint density at radius 2 is 1.44 bits per heavy atom. The predicted octanol–water partition coefficient (Wildman–Crippen LogP) is 5.83. The van der Waals surface area contributed by atoms with Crippen LogP contribution in [0.25, 0.3) is 0 Å². The van der Waals surface area contributed by atoms with Gasteiger partial charge in [-0.15, -0.1) is 0 Å². The van der Waals surface area contributed by atoms with Crippen LogP contribution < -0.4 is 0 Å². The van der Waals surface area contributed by atoms with E-state index in [4.69, 9.17) is 9.47 Å². The summed E-state index contributed by atoms with van der Waals surface area (Å²) >= 11 is 0. The third-order valence-electron chi connectivity index (χ3n) is 6.61. The number of esters is 1. The third kappa shape index (κ3) is 4.97. The molecule has 0 unspecified atom stereocenters. The topological polar surface area (TPSA) is 55.8 Å². The van der Waals surface area contributed by atoms with Crippen molar-refractivity contribution in [1.82, 2.24) is 0 Å². The van der Waals surface area contributed by atoms with Gasteiger partial charge in [-0.3, -0.25) is 0 Å². The van der Waals surface area contributed by atoms with Gasteiger partial charge in [0, 0.05) is 12.3 Å². The van der Waals surface area contributed by atoms with Gasteiger partial charge in [0.25, 0.3) is 0 Å². The largest absolute Gasteiger partial charge is 0.431 e. The zero-order valence-electron chi connectivity index (χ0n) is 19.3. The SMILES string of the molecule is CCCCCCCCC[C@](O)([C@@]1(C)O[C@](C)(C(C)(C)C)OC1=O)[Si](C)(C)C. The maximum atomic E-state index is 13.0. The third-order valence-corrected chi connectivity index (χ3v) is 9.82. The summed E-state index contributed by atoms with van der Waals surface area (Å²) in [6, 6.07) is 0. The number of aliphatic hydroxyl groups is 1. The zero-order valence-corrected chi connectivity index (χ0v) is 20.3. The molecule has 0 radical (unpaired) electrons. The molecule has 3 atom stereocenters. The molecule has 0 bridgehead atoms. The van der Waals surface area contributed by atoms with E-state index in [0.717, 1.165) is 12.8 Å². The van der Waals surface area contributed by atoms with Gasteiger partial charge in [-0.25, -0.2) is 4.79 Å². The molecule has 0 aromatic rings. The second kappa shape index (κ2) is 8.54. The quantitative estimate of drug-likeness (QED) is 0.285. The molecule has 0 spiro atoms. The lowest BCUT2D eigenvalue weighted by molar-refractivity contribution is -0.248. The average Bonchev–Trinajstić information content (AvgIpc) is 2.76. The van der Waals surface area contributed by atoms with E-state index in [1.54, 1.807) is 6.92 Å². The Morgan fingerprint density at radius 1 is 0.963 bits per heavy atom. The Morgan fingerprint density at radius 3 is 1.85 bits per heavy atom. The number of cyclic esters (lactones) is 1.